The first-order valence-electron chi connectivity index (χ1n) is 12.9. The maximum Gasteiger partial charge on any atom is 0.264 e. The lowest BCUT2D eigenvalue weighted by Crippen LogP contribution is -2.53. The van der Waals surface area contributed by atoms with Gasteiger partial charge in [0.25, 0.3) is 10.0 Å². The number of carbonyl (C=O) groups is 2. The Hall–Kier alpha value is -3.17. The molecule has 3 aromatic rings. The molecule has 208 valence electrons. The van der Waals surface area contributed by atoms with Crippen LogP contribution in [-0.4, -0.2) is 43.8 Å². The molecule has 7 nitrogen and oxygen atoms in total. The Morgan fingerprint density at radius 2 is 1.54 bits per heavy atom. The molecule has 1 atom stereocenters. The Bertz CT molecular complexity index is 1390. The van der Waals surface area contributed by atoms with E-state index < -0.39 is 28.5 Å². The van der Waals surface area contributed by atoms with Crippen LogP contribution in [0.1, 0.15) is 43.9 Å². The van der Waals surface area contributed by atoms with Gasteiger partial charge in [-0.3, -0.25) is 13.9 Å². The monoisotopic (exact) mass is 613 g/mol. The van der Waals surface area contributed by atoms with Gasteiger partial charge < -0.3 is 10.2 Å². The third kappa shape index (κ3) is 7.70. The summed E-state index contributed by atoms with van der Waals surface area (Å²) in [4.78, 5) is 28.8. The Labute approximate surface area is 240 Å². The van der Waals surface area contributed by atoms with Gasteiger partial charge in [-0.25, -0.2) is 8.42 Å². The molecule has 0 saturated heterocycles. The molecule has 0 unspecified atom stereocenters. The van der Waals surface area contributed by atoms with Gasteiger partial charge in [0.15, 0.2) is 0 Å². The molecule has 1 N–H and O–H groups in total. The van der Waals surface area contributed by atoms with Crippen molar-refractivity contribution in [3.8, 4) is 0 Å². The van der Waals surface area contributed by atoms with Crippen molar-refractivity contribution in [3.05, 3.63) is 94.0 Å². The number of amides is 2. The lowest BCUT2D eigenvalue weighted by Gasteiger charge is -2.34. The van der Waals surface area contributed by atoms with Crippen LogP contribution in [0.2, 0.25) is 0 Å². The zero-order valence-corrected chi connectivity index (χ0v) is 25.4. The molecule has 0 radical (unpaired) electrons. The number of halogens is 1. The molecule has 2 amide bonds. The van der Waals surface area contributed by atoms with Crippen molar-refractivity contribution in [1.82, 2.24) is 10.2 Å². The van der Waals surface area contributed by atoms with Crippen LogP contribution in [0.25, 0.3) is 0 Å². The minimum absolute atomic E-state index is 0.0823. The fourth-order valence-corrected chi connectivity index (χ4v) is 5.92. The van der Waals surface area contributed by atoms with Gasteiger partial charge >= 0.3 is 0 Å². The smallest absolute Gasteiger partial charge is 0.264 e. The van der Waals surface area contributed by atoms with Crippen LogP contribution < -0.4 is 9.62 Å². The van der Waals surface area contributed by atoms with Gasteiger partial charge in [-0.15, -0.1) is 0 Å². The number of anilines is 1. The number of nitrogens with one attached hydrogen (secondary N) is 1. The van der Waals surface area contributed by atoms with E-state index in [4.69, 9.17) is 0 Å². The molecule has 3 rings (SSSR count). The van der Waals surface area contributed by atoms with Gasteiger partial charge in [-0.05, 0) is 81.6 Å². The Morgan fingerprint density at radius 3 is 2.10 bits per heavy atom. The highest BCUT2D eigenvalue weighted by Crippen LogP contribution is 2.27. The molecule has 0 aliphatic rings. The van der Waals surface area contributed by atoms with Gasteiger partial charge in [-0.1, -0.05) is 64.8 Å². The van der Waals surface area contributed by atoms with Crippen LogP contribution in [0.15, 0.2) is 82.2 Å². The van der Waals surface area contributed by atoms with Crippen molar-refractivity contribution in [3.63, 3.8) is 0 Å². The third-order valence-electron chi connectivity index (χ3n) is 6.42. The summed E-state index contributed by atoms with van der Waals surface area (Å²) in [5.74, 6) is -0.742. The van der Waals surface area contributed by atoms with E-state index in [-0.39, 0.29) is 23.4 Å². The molecule has 0 saturated carbocycles. The van der Waals surface area contributed by atoms with E-state index >= 15 is 0 Å². The predicted molar refractivity (Wildman–Crippen MR) is 159 cm³/mol. The van der Waals surface area contributed by atoms with Crippen LogP contribution >= 0.6 is 15.9 Å². The summed E-state index contributed by atoms with van der Waals surface area (Å²) in [7, 11) is -4.10. The normalized spacial score (nSPS) is 12.2. The quantitative estimate of drug-likeness (QED) is 0.305. The van der Waals surface area contributed by atoms with Crippen molar-refractivity contribution in [2.24, 2.45) is 0 Å². The van der Waals surface area contributed by atoms with Gasteiger partial charge in [0, 0.05) is 17.1 Å². The second-order valence-corrected chi connectivity index (χ2v) is 12.6. The average Bonchev–Trinajstić information content (AvgIpc) is 2.88. The van der Waals surface area contributed by atoms with Crippen molar-refractivity contribution in [1.29, 1.82) is 0 Å². The Kier molecular flexibility index (Phi) is 10.3. The molecule has 0 fully saturated rings. The van der Waals surface area contributed by atoms with Crippen LogP contribution in [0.3, 0.4) is 0 Å². The first-order chi connectivity index (χ1) is 18.4. The average molecular weight is 615 g/mol. The van der Waals surface area contributed by atoms with Crippen molar-refractivity contribution in [2.45, 2.75) is 64.6 Å². The summed E-state index contributed by atoms with van der Waals surface area (Å²) >= 11 is 3.39. The Balaban J connectivity index is 2.07. The van der Waals surface area contributed by atoms with Crippen LogP contribution in [0.4, 0.5) is 5.69 Å². The molecule has 39 heavy (non-hydrogen) atoms. The van der Waals surface area contributed by atoms with E-state index in [1.165, 1.54) is 17.0 Å². The maximum absolute atomic E-state index is 14.1. The standard InChI is InChI=1S/C30H36BrN3O4S/c1-6-28(30(36)32-21(2)3)33(19-24-10-8-7-9-23(24)5)29(35)20-34(26-15-13-25(31)14-16-26)39(37,38)27-17-11-22(4)12-18-27/h7-18,21,28H,6,19-20H2,1-5H3,(H,32,36)/t28-/m1/s1. The molecule has 0 spiro atoms. The summed E-state index contributed by atoms with van der Waals surface area (Å²) < 4.78 is 29.7. The van der Waals surface area contributed by atoms with E-state index in [1.807, 2.05) is 58.9 Å². The SMILES string of the molecule is CC[C@H](C(=O)NC(C)C)N(Cc1ccccc1C)C(=O)CN(c1ccc(Br)cc1)S(=O)(=O)c1ccc(C)cc1. The highest BCUT2D eigenvalue weighted by Gasteiger charge is 2.34. The predicted octanol–water partition coefficient (Wildman–Crippen LogP) is 5.59. The molecule has 3 aromatic carbocycles. The second-order valence-electron chi connectivity index (χ2n) is 9.84. The van der Waals surface area contributed by atoms with Crippen LogP contribution in [0.5, 0.6) is 0 Å². The number of nitrogens with zero attached hydrogens (tertiary/aromatic N) is 2. The summed E-state index contributed by atoms with van der Waals surface area (Å²) in [6.45, 7) is 9.11. The topological polar surface area (TPSA) is 86.8 Å². The number of carbonyl (C=O) groups excluding carboxylic acids is 2. The van der Waals surface area contributed by atoms with E-state index in [0.717, 1.165) is 25.5 Å². The number of benzene rings is 3. The molecule has 0 aliphatic heterocycles. The Morgan fingerprint density at radius 1 is 0.923 bits per heavy atom. The summed E-state index contributed by atoms with van der Waals surface area (Å²) in [5.41, 5.74) is 3.14. The number of rotatable bonds is 11. The summed E-state index contributed by atoms with van der Waals surface area (Å²) in [6.07, 6.45) is 0.374. The van der Waals surface area contributed by atoms with Crippen LogP contribution in [0, 0.1) is 13.8 Å². The first-order valence-corrected chi connectivity index (χ1v) is 15.2. The number of hydrogen-bond donors (Lipinski definition) is 1. The molecule has 0 aliphatic carbocycles. The number of aryl methyl sites for hydroxylation is 2. The summed E-state index contributed by atoms with van der Waals surface area (Å²) in [5, 5.41) is 2.91. The molecule has 9 heteroatoms. The molecule has 0 heterocycles. The van der Waals surface area contributed by atoms with E-state index in [2.05, 4.69) is 21.2 Å². The number of hydrogen-bond acceptors (Lipinski definition) is 4. The largest absolute Gasteiger partial charge is 0.352 e. The maximum atomic E-state index is 14.1. The van der Waals surface area contributed by atoms with Crippen molar-refractivity contribution >= 4 is 43.5 Å². The zero-order valence-electron chi connectivity index (χ0n) is 23.0. The molecule has 0 bridgehead atoms. The lowest BCUT2D eigenvalue weighted by atomic mass is 10.1. The number of sulfonamides is 1. The zero-order chi connectivity index (χ0) is 28.7. The van der Waals surface area contributed by atoms with Crippen LogP contribution in [-0.2, 0) is 26.2 Å². The molecular weight excluding hydrogens is 578 g/mol. The van der Waals surface area contributed by atoms with E-state index in [9.17, 15) is 18.0 Å². The second kappa shape index (κ2) is 13.3. The van der Waals surface area contributed by atoms with Crippen molar-refractivity contribution in [2.75, 3.05) is 10.8 Å². The van der Waals surface area contributed by atoms with Crippen molar-refractivity contribution < 1.29 is 18.0 Å². The summed E-state index contributed by atoms with van der Waals surface area (Å²) in [6, 6.07) is 20.1. The third-order valence-corrected chi connectivity index (χ3v) is 8.74. The minimum atomic E-state index is -4.10. The van der Waals surface area contributed by atoms with Gasteiger partial charge in [0.2, 0.25) is 11.8 Å². The fraction of sp³-hybridized carbons (Fsp3) is 0.333. The van der Waals surface area contributed by atoms with Gasteiger partial charge in [-0.2, -0.15) is 0 Å². The van der Waals surface area contributed by atoms with Gasteiger partial charge in [0.1, 0.15) is 12.6 Å². The molecule has 0 aromatic heterocycles. The molecular formula is C30H36BrN3O4S. The van der Waals surface area contributed by atoms with E-state index in [0.29, 0.717) is 12.1 Å². The first kappa shape index (κ1) is 30.4. The highest BCUT2D eigenvalue weighted by atomic mass is 79.9. The van der Waals surface area contributed by atoms with E-state index in [1.54, 1.807) is 36.4 Å². The fourth-order valence-electron chi connectivity index (χ4n) is 4.24. The minimum Gasteiger partial charge on any atom is -0.352 e. The van der Waals surface area contributed by atoms with Gasteiger partial charge in [0.05, 0.1) is 10.6 Å². The lowest BCUT2D eigenvalue weighted by molar-refractivity contribution is -0.140. The highest BCUT2D eigenvalue weighted by molar-refractivity contribution is 9.10.